The molecule has 0 radical (unpaired) electrons. The number of hydrogen-bond acceptors (Lipinski definition) is 3. The second-order valence-electron chi connectivity index (χ2n) is 3.43. The lowest BCUT2D eigenvalue weighted by molar-refractivity contribution is 0.0881. The van der Waals surface area contributed by atoms with Crippen molar-refractivity contribution >= 4 is 0 Å². The summed E-state index contributed by atoms with van der Waals surface area (Å²) in [5, 5.41) is 3.36. The summed E-state index contributed by atoms with van der Waals surface area (Å²) < 4.78 is 5.22. The first-order valence-electron chi connectivity index (χ1n) is 4.90. The summed E-state index contributed by atoms with van der Waals surface area (Å²) in [6, 6.07) is 6.26. The van der Waals surface area contributed by atoms with Crippen LogP contribution < -0.4 is 5.32 Å². The third kappa shape index (κ3) is 3.44. The third-order valence-electron chi connectivity index (χ3n) is 2.41. The van der Waals surface area contributed by atoms with E-state index in [0.29, 0.717) is 6.04 Å². The second kappa shape index (κ2) is 5.73. The van der Waals surface area contributed by atoms with Gasteiger partial charge in [-0.3, -0.25) is 4.98 Å². The van der Waals surface area contributed by atoms with E-state index in [1.54, 1.807) is 13.3 Å². The molecule has 0 saturated heterocycles. The monoisotopic (exact) mass is 194 g/mol. The van der Waals surface area contributed by atoms with Crippen molar-refractivity contribution in [1.29, 1.82) is 0 Å². The van der Waals surface area contributed by atoms with Gasteiger partial charge in [-0.15, -0.1) is 0 Å². The molecular weight excluding hydrogens is 176 g/mol. The van der Waals surface area contributed by atoms with Gasteiger partial charge in [0.1, 0.15) is 0 Å². The summed E-state index contributed by atoms with van der Waals surface area (Å²) in [4.78, 5) is 4.23. The van der Waals surface area contributed by atoms with E-state index in [4.69, 9.17) is 4.74 Å². The number of hydrogen-bond donors (Lipinski definition) is 1. The van der Waals surface area contributed by atoms with Crippen LogP contribution in [0.2, 0.25) is 0 Å². The molecule has 0 bridgehead atoms. The summed E-state index contributed by atoms with van der Waals surface area (Å²) in [7, 11) is 1.73. The maximum atomic E-state index is 5.22. The number of nitrogens with zero attached hydrogens (tertiary/aromatic N) is 1. The Labute approximate surface area is 85.5 Å². The topological polar surface area (TPSA) is 34.1 Å². The SMILES string of the molecule is COC(C)C(C)NCc1ccccn1. The Bertz CT molecular complexity index is 251. The Hall–Kier alpha value is -0.930. The van der Waals surface area contributed by atoms with Gasteiger partial charge in [0.15, 0.2) is 0 Å². The highest BCUT2D eigenvalue weighted by Gasteiger charge is 2.09. The van der Waals surface area contributed by atoms with Gasteiger partial charge < -0.3 is 10.1 Å². The van der Waals surface area contributed by atoms with Crippen LogP contribution >= 0.6 is 0 Å². The van der Waals surface area contributed by atoms with Crippen LogP contribution in [0.3, 0.4) is 0 Å². The molecule has 1 aromatic rings. The molecule has 3 nitrogen and oxygen atoms in total. The Balaban J connectivity index is 2.34. The van der Waals surface area contributed by atoms with E-state index in [2.05, 4.69) is 24.1 Å². The van der Waals surface area contributed by atoms with Gasteiger partial charge >= 0.3 is 0 Å². The fraction of sp³-hybridized carbons (Fsp3) is 0.545. The largest absolute Gasteiger partial charge is 0.380 e. The van der Waals surface area contributed by atoms with Gasteiger partial charge in [0, 0.05) is 25.9 Å². The standard InChI is InChI=1S/C11H18N2O/c1-9(10(2)14-3)13-8-11-6-4-5-7-12-11/h4-7,9-10,13H,8H2,1-3H3. The average molecular weight is 194 g/mol. The van der Waals surface area contributed by atoms with E-state index in [1.807, 2.05) is 18.2 Å². The molecule has 0 aliphatic carbocycles. The molecule has 1 aromatic heterocycles. The van der Waals surface area contributed by atoms with Crippen molar-refractivity contribution in [1.82, 2.24) is 10.3 Å². The first-order valence-corrected chi connectivity index (χ1v) is 4.90. The Morgan fingerprint density at radius 1 is 1.43 bits per heavy atom. The zero-order chi connectivity index (χ0) is 10.4. The van der Waals surface area contributed by atoms with Crippen LogP contribution in [0.5, 0.6) is 0 Å². The number of rotatable bonds is 5. The molecule has 0 amide bonds. The number of methoxy groups -OCH3 is 1. The lowest BCUT2D eigenvalue weighted by Gasteiger charge is -2.19. The molecule has 78 valence electrons. The van der Waals surface area contributed by atoms with Crippen molar-refractivity contribution in [2.45, 2.75) is 32.5 Å². The molecule has 1 heterocycles. The van der Waals surface area contributed by atoms with Gasteiger partial charge in [-0.25, -0.2) is 0 Å². The lowest BCUT2D eigenvalue weighted by Crippen LogP contribution is -2.36. The van der Waals surface area contributed by atoms with Crippen LogP contribution in [0.1, 0.15) is 19.5 Å². The molecule has 0 spiro atoms. The number of nitrogens with one attached hydrogen (secondary N) is 1. The second-order valence-corrected chi connectivity index (χ2v) is 3.43. The third-order valence-corrected chi connectivity index (χ3v) is 2.41. The summed E-state index contributed by atoms with van der Waals surface area (Å²) in [6.07, 6.45) is 2.03. The van der Waals surface area contributed by atoms with E-state index in [1.165, 1.54) is 0 Å². The van der Waals surface area contributed by atoms with E-state index < -0.39 is 0 Å². The van der Waals surface area contributed by atoms with Gasteiger partial charge in [-0.05, 0) is 26.0 Å². The van der Waals surface area contributed by atoms with Crippen molar-refractivity contribution < 1.29 is 4.74 Å². The molecule has 14 heavy (non-hydrogen) atoms. The van der Waals surface area contributed by atoms with Crippen LogP contribution in [-0.4, -0.2) is 24.2 Å². The average Bonchev–Trinajstić information content (AvgIpc) is 2.26. The lowest BCUT2D eigenvalue weighted by atomic mass is 10.2. The van der Waals surface area contributed by atoms with Gasteiger partial charge in [-0.2, -0.15) is 0 Å². The zero-order valence-corrected chi connectivity index (χ0v) is 9.03. The minimum Gasteiger partial charge on any atom is -0.380 e. The summed E-state index contributed by atoms with van der Waals surface area (Å²) in [5.74, 6) is 0. The number of aromatic nitrogens is 1. The van der Waals surface area contributed by atoms with Crippen LogP contribution in [-0.2, 0) is 11.3 Å². The fourth-order valence-electron chi connectivity index (χ4n) is 1.14. The normalized spacial score (nSPS) is 15.1. The summed E-state index contributed by atoms with van der Waals surface area (Å²) in [6.45, 7) is 4.95. The Kier molecular flexibility index (Phi) is 4.56. The van der Waals surface area contributed by atoms with E-state index in [0.717, 1.165) is 12.2 Å². The van der Waals surface area contributed by atoms with Gasteiger partial charge in [0.2, 0.25) is 0 Å². The summed E-state index contributed by atoms with van der Waals surface area (Å²) in [5.41, 5.74) is 1.06. The minimum absolute atomic E-state index is 0.221. The maximum Gasteiger partial charge on any atom is 0.0693 e. The molecule has 2 unspecified atom stereocenters. The number of pyridine rings is 1. The van der Waals surface area contributed by atoms with Crippen molar-refractivity contribution in [2.75, 3.05) is 7.11 Å². The molecule has 0 aliphatic heterocycles. The Morgan fingerprint density at radius 2 is 2.21 bits per heavy atom. The van der Waals surface area contributed by atoms with Crippen molar-refractivity contribution in [3.05, 3.63) is 30.1 Å². The van der Waals surface area contributed by atoms with E-state index in [-0.39, 0.29) is 6.10 Å². The summed E-state index contributed by atoms with van der Waals surface area (Å²) >= 11 is 0. The molecule has 2 atom stereocenters. The quantitative estimate of drug-likeness (QED) is 0.773. The highest BCUT2D eigenvalue weighted by Crippen LogP contribution is 1.98. The molecule has 0 fully saturated rings. The first-order chi connectivity index (χ1) is 6.74. The van der Waals surface area contributed by atoms with Gasteiger partial charge in [0.05, 0.1) is 11.8 Å². The minimum atomic E-state index is 0.221. The van der Waals surface area contributed by atoms with E-state index in [9.17, 15) is 0 Å². The van der Waals surface area contributed by atoms with Crippen molar-refractivity contribution in [3.63, 3.8) is 0 Å². The van der Waals surface area contributed by atoms with Crippen LogP contribution in [0, 0.1) is 0 Å². The predicted molar refractivity (Wildman–Crippen MR) is 57.0 cm³/mol. The fourth-order valence-corrected chi connectivity index (χ4v) is 1.14. The van der Waals surface area contributed by atoms with Crippen LogP contribution in [0.15, 0.2) is 24.4 Å². The molecule has 0 aliphatic rings. The highest BCUT2D eigenvalue weighted by molar-refractivity contribution is 5.03. The molecule has 3 heteroatoms. The van der Waals surface area contributed by atoms with E-state index >= 15 is 0 Å². The first kappa shape index (κ1) is 11.1. The molecule has 0 aromatic carbocycles. The smallest absolute Gasteiger partial charge is 0.0693 e. The zero-order valence-electron chi connectivity index (χ0n) is 9.03. The molecule has 1 rings (SSSR count). The highest BCUT2D eigenvalue weighted by atomic mass is 16.5. The molecule has 0 saturated carbocycles. The van der Waals surface area contributed by atoms with Crippen LogP contribution in [0.4, 0.5) is 0 Å². The van der Waals surface area contributed by atoms with Crippen molar-refractivity contribution in [2.24, 2.45) is 0 Å². The molecule has 1 N–H and O–H groups in total. The Morgan fingerprint density at radius 3 is 2.79 bits per heavy atom. The van der Waals surface area contributed by atoms with Gasteiger partial charge in [-0.1, -0.05) is 6.07 Å². The number of ether oxygens (including phenoxy) is 1. The van der Waals surface area contributed by atoms with Crippen LogP contribution in [0.25, 0.3) is 0 Å². The maximum absolute atomic E-state index is 5.22. The van der Waals surface area contributed by atoms with Crippen molar-refractivity contribution in [3.8, 4) is 0 Å². The predicted octanol–water partition coefficient (Wildman–Crippen LogP) is 1.59. The molecular formula is C11H18N2O. The van der Waals surface area contributed by atoms with Gasteiger partial charge in [0.25, 0.3) is 0 Å².